The third-order valence-electron chi connectivity index (χ3n) is 4.05. The van der Waals surface area contributed by atoms with Gasteiger partial charge in [0.05, 0.1) is 24.4 Å². The minimum Gasteiger partial charge on any atom is -0.478 e. The molecule has 2 heterocycles. The maximum absolute atomic E-state index is 11.2. The normalized spacial score (nSPS) is 13.5. The number of aliphatic hydroxyl groups is 1. The van der Waals surface area contributed by atoms with Crippen molar-refractivity contribution in [3.8, 4) is 5.88 Å². The van der Waals surface area contributed by atoms with E-state index in [-0.39, 0.29) is 11.6 Å². The quantitative estimate of drug-likeness (QED) is 0.608. The largest absolute Gasteiger partial charge is 0.478 e. The zero-order valence-corrected chi connectivity index (χ0v) is 13.8. The minimum absolute atomic E-state index is 0.220. The molecule has 0 saturated carbocycles. The number of para-hydroxylation sites is 1. The predicted molar refractivity (Wildman–Crippen MR) is 93.4 cm³/mol. The molecule has 0 radical (unpaired) electrons. The number of amides is 1. The van der Waals surface area contributed by atoms with Crippen molar-refractivity contribution in [2.24, 2.45) is 5.73 Å². The molecule has 2 atom stereocenters. The number of primary amides is 1. The van der Waals surface area contributed by atoms with Gasteiger partial charge in [-0.05, 0) is 25.5 Å². The molecule has 2 aromatic heterocycles. The molecule has 130 valence electrons. The van der Waals surface area contributed by atoms with Crippen LogP contribution in [0.2, 0.25) is 0 Å². The second kappa shape index (κ2) is 7.31. The molecule has 1 amide bonds. The Balaban J connectivity index is 1.65. The van der Waals surface area contributed by atoms with Gasteiger partial charge in [-0.3, -0.25) is 4.79 Å². The molecular weight excluding hydrogens is 320 g/mol. The Morgan fingerprint density at radius 3 is 2.84 bits per heavy atom. The van der Waals surface area contributed by atoms with Gasteiger partial charge in [0.25, 0.3) is 5.91 Å². The standard InChI is InChI=1S/C18H20N4O3/c1-11(23)13(18-20-10-15(22-18)17(19)24)8-9-25-16-7-6-12-4-2-3-5-14(12)21-16/h2-7,10-11,13,23H,8-9H2,1H3,(H2,19,24)(H,20,22)/t11-,13-/m0/s1. The van der Waals surface area contributed by atoms with E-state index in [1.165, 1.54) is 6.20 Å². The minimum atomic E-state index is -0.653. The summed E-state index contributed by atoms with van der Waals surface area (Å²) < 4.78 is 5.71. The Labute approximate surface area is 144 Å². The third kappa shape index (κ3) is 3.95. The molecule has 1 aromatic carbocycles. The van der Waals surface area contributed by atoms with Gasteiger partial charge in [-0.2, -0.15) is 0 Å². The molecule has 25 heavy (non-hydrogen) atoms. The maximum atomic E-state index is 11.2. The summed E-state index contributed by atoms with van der Waals surface area (Å²) in [5.41, 5.74) is 6.30. The number of carbonyl (C=O) groups excluding carboxylic acids is 1. The van der Waals surface area contributed by atoms with Crippen LogP contribution in [0.15, 0.2) is 42.6 Å². The number of nitrogens with one attached hydrogen (secondary N) is 1. The summed E-state index contributed by atoms with van der Waals surface area (Å²) in [6.07, 6.45) is 1.23. The summed E-state index contributed by atoms with van der Waals surface area (Å²) >= 11 is 0. The fourth-order valence-electron chi connectivity index (χ4n) is 2.67. The van der Waals surface area contributed by atoms with Crippen LogP contribution in [0.5, 0.6) is 5.88 Å². The Bertz CT molecular complexity index is 875. The van der Waals surface area contributed by atoms with Crippen LogP contribution >= 0.6 is 0 Å². The number of hydrogen-bond donors (Lipinski definition) is 3. The number of aliphatic hydroxyl groups excluding tert-OH is 1. The van der Waals surface area contributed by atoms with Crippen LogP contribution in [0.4, 0.5) is 0 Å². The van der Waals surface area contributed by atoms with Crippen LogP contribution in [-0.2, 0) is 0 Å². The second-order valence-electron chi connectivity index (χ2n) is 5.87. The van der Waals surface area contributed by atoms with Crippen molar-refractivity contribution in [2.75, 3.05) is 6.61 Å². The summed E-state index contributed by atoms with van der Waals surface area (Å²) in [5.74, 6) is 0.160. The predicted octanol–water partition coefficient (Wildman–Crippen LogP) is 1.99. The molecule has 0 saturated heterocycles. The molecule has 7 heteroatoms. The number of rotatable bonds is 7. The first-order valence-corrected chi connectivity index (χ1v) is 8.06. The lowest BCUT2D eigenvalue weighted by atomic mass is 9.99. The van der Waals surface area contributed by atoms with E-state index < -0.39 is 12.0 Å². The van der Waals surface area contributed by atoms with E-state index in [1.807, 2.05) is 36.4 Å². The number of nitrogens with two attached hydrogens (primary N) is 1. The molecule has 0 bridgehead atoms. The lowest BCUT2D eigenvalue weighted by molar-refractivity contribution is 0.0995. The Morgan fingerprint density at radius 2 is 2.12 bits per heavy atom. The van der Waals surface area contributed by atoms with Crippen molar-refractivity contribution in [3.63, 3.8) is 0 Å². The zero-order chi connectivity index (χ0) is 17.8. The van der Waals surface area contributed by atoms with Crippen LogP contribution in [0.3, 0.4) is 0 Å². The van der Waals surface area contributed by atoms with E-state index >= 15 is 0 Å². The Kier molecular flexibility index (Phi) is 4.95. The van der Waals surface area contributed by atoms with Crippen molar-refractivity contribution >= 4 is 16.8 Å². The second-order valence-corrected chi connectivity index (χ2v) is 5.87. The molecule has 0 aliphatic heterocycles. The van der Waals surface area contributed by atoms with Gasteiger partial charge >= 0.3 is 0 Å². The van der Waals surface area contributed by atoms with Crippen LogP contribution < -0.4 is 10.5 Å². The SMILES string of the molecule is C[C@H](O)[C@H](CCOc1ccc2ccccc2n1)c1ncc(C(N)=O)[nH]1. The summed E-state index contributed by atoms with van der Waals surface area (Å²) in [6.45, 7) is 2.03. The number of imidazole rings is 1. The maximum Gasteiger partial charge on any atom is 0.266 e. The summed E-state index contributed by atoms with van der Waals surface area (Å²) in [7, 11) is 0. The topological polar surface area (TPSA) is 114 Å². The van der Waals surface area contributed by atoms with Gasteiger partial charge in [0.15, 0.2) is 0 Å². The van der Waals surface area contributed by atoms with Gasteiger partial charge < -0.3 is 20.6 Å². The van der Waals surface area contributed by atoms with Crippen molar-refractivity contribution in [1.82, 2.24) is 15.0 Å². The monoisotopic (exact) mass is 340 g/mol. The van der Waals surface area contributed by atoms with Crippen molar-refractivity contribution in [3.05, 3.63) is 54.1 Å². The fourth-order valence-corrected chi connectivity index (χ4v) is 2.67. The average molecular weight is 340 g/mol. The number of fused-ring (bicyclic) bond motifs is 1. The van der Waals surface area contributed by atoms with E-state index in [0.29, 0.717) is 24.7 Å². The lowest BCUT2D eigenvalue weighted by Gasteiger charge is -2.17. The molecule has 0 spiro atoms. The molecular formula is C18H20N4O3. The van der Waals surface area contributed by atoms with Gasteiger partial charge in [0.2, 0.25) is 5.88 Å². The van der Waals surface area contributed by atoms with E-state index in [1.54, 1.807) is 6.92 Å². The summed E-state index contributed by atoms with van der Waals surface area (Å²) in [4.78, 5) is 22.6. The number of aromatic nitrogens is 3. The van der Waals surface area contributed by atoms with E-state index in [0.717, 1.165) is 10.9 Å². The van der Waals surface area contributed by atoms with Gasteiger partial charge in [0, 0.05) is 17.4 Å². The highest BCUT2D eigenvalue weighted by molar-refractivity contribution is 5.90. The van der Waals surface area contributed by atoms with Gasteiger partial charge in [0.1, 0.15) is 11.5 Å². The average Bonchev–Trinajstić information content (AvgIpc) is 3.08. The fraction of sp³-hybridized carbons (Fsp3) is 0.278. The molecule has 3 aromatic rings. The number of aromatic amines is 1. The lowest BCUT2D eigenvalue weighted by Crippen LogP contribution is -2.19. The number of carbonyl (C=O) groups is 1. The molecule has 3 rings (SSSR count). The van der Waals surface area contributed by atoms with Crippen LogP contribution in [0.25, 0.3) is 10.9 Å². The first-order valence-electron chi connectivity index (χ1n) is 8.06. The number of hydrogen-bond acceptors (Lipinski definition) is 5. The number of H-pyrrole nitrogens is 1. The number of benzene rings is 1. The van der Waals surface area contributed by atoms with E-state index in [9.17, 15) is 9.90 Å². The van der Waals surface area contributed by atoms with Crippen molar-refractivity contribution < 1.29 is 14.6 Å². The summed E-state index contributed by atoms with van der Waals surface area (Å²) in [5, 5.41) is 11.1. The summed E-state index contributed by atoms with van der Waals surface area (Å²) in [6, 6.07) is 11.6. The van der Waals surface area contributed by atoms with Gasteiger partial charge in [-0.1, -0.05) is 18.2 Å². The van der Waals surface area contributed by atoms with Crippen LogP contribution in [0.1, 0.15) is 35.6 Å². The van der Waals surface area contributed by atoms with E-state index in [4.69, 9.17) is 10.5 Å². The van der Waals surface area contributed by atoms with Crippen LogP contribution in [-0.4, -0.2) is 38.7 Å². The smallest absolute Gasteiger partial charge is 0.266 e. The van der Waals surface area contributed by atoms with Gasteiger partial charge in [-0.25, -0.2) is 9.97 Å². The zero-order valence-electron chi connectivity index (χ0n) is 13.8. The van der Waals surface area contributed by atoms with E-state index in [2.05, 4.69) is 15.0 Å². The van der Waals surface area contributed by atoms with Crippen molar-refractivity contribution in [2.45, 2.75) is 25.4 Å². The molecule has 4 N–H and O–H groups in total. The highest BCUT2D eigenvalue weighted by atomic mass is 16.5. The highest BCUT2D eigenvalue weighted by Gasteiger charge is 2.21. The molecule has 0 fully saturated rings. The number of nitrogens with zero attached hydrogens (tertiary/aromatic N) is 2. The number of pyridine rings is 1. The number of ether oxygens (including phenoxy) is 1. The Hall–Kier alpha value is -2.93. The Morgan fingerprint density at radius 1 is 1.32 bits per heavy atom. The first-order chi connectivity index (χ1) is 12.0. The molecule has 7 nitrogen and oxygen atoms in total. The van der Waals surface area contributed by atoms with Crippen molar-refractivity contribution in [1.29, 1.82) is 0 Å². The van der Waals surface area contributed by atoms with Crippen LogP contribution in [0, 0.1) is 0 Å². The third-order valence-corrected chi connectivity index (χ3v) is 4.05. The molecule has 0 aliphatic carbocycles. The van der Waals surface area contributed by atoms with Gasteiger partial charge in [-0.15, -0.1) is 0 Å². The molecule has 0 unspecified atom stereocenters. The highest BCUT2D eigenvalue weighted by Crippen LogP contribution is 2.22. The molecule has 0 aliphatic rings. The first kappa shape index (κ1) is 16.9.